The Labute approximate surface area is 205 Å². The Kier molecular flexibility index (Phi) is 5.51. The SMILES string of the molecule is C[C@@H](c1cnc(N2CCN(c3ncnn4cc(-c5cn[nH]c5)cc34)CC2)nc1)c1ccc(F)cc1F. The molecule has 5 heterocycles. The van der Waals surface area contributed by atoms with Gasteiger partial charge >= 0.3 is 0 Å². The van der Waals surface area contributed by atoms with E-state index in [-0.39, 0.29) is 5.92 Å². The molecule has 1 aromatic carbocycles. The minimum Gasteiger partial charge on any atom is -0.351 e. The van der Waals surface area contributed by atoms with Crippen LogP contribution in [0, 0.1) is 11.6 Å². The summed E-state index contributed by atoms with van der Waals surface area (Å²) in [7, 11) is 0. The zero-order valence-electron chi connectivity index (χ0n) is 19.5. The lowest BCUT2D eigenvalue weighted by molar-refractivity contribution is 0.567. The first-order valence-electron chi connectivity index (χ1n) is 11.7. The van der Waals surface area contributed by atoms with Crippen LogP contribution in [0.2, 0.25) is 0 Å². The fourth-order valence-corrected chi connectivity index (χ4v) is 4.60. The number of rotatable bonds is 5. The molecule has 4 aromatic heterocycles. The van der Waals surface area contributed by atoms with Gasteiger partial charge in [-0.1, -0.05) is 13.0 Å². The molecule has 1 atom stereocenters. The Hall–Kier alpha value is -4.41. The second kappa shape index (κ2) is 8.99. The first kappa shape index (κ1) is 22.1. The first-order valence-corrected chi connectivity index (χ1v) is 11.7. The van der Waals surface area contributed by atoms with Gasteiger partial charge in [0.1, 0.15) is 23.5 Å². The summed E-state index contributed by atoms with van der Waals surface area (Å²) in [4.78, 5) is 18.0. The lowest BCUT2D eigenvalue weighted by atomic mass is 9.95. The van der Waals surface area contributed by atoms with E-state index in [2.05, 4.69) is 46.1 Å². The van der Waals surface area contributed by atoms with Crippen LogP contribution in [0.4, 0.5) is 20.5 Å². The summed E-state index contributed by atoms with van der Waals surface area (Å²) in [5.41, 5.74) is 4.14. The van der Waals surface area contributed by atoms with E-state index in [0.29, 0.717) is 11.5 Å². The highest BCUT2D eigenvalue weighted by Crippen LogP contribution is 2.28. The first-order chi connectivity index (χ1) is 17.6. The molecule has 1 saturated heterocycles. The number of aromatic amines is 1. The summed E-state index contributed by atoms with van der Waals surface area (Å²) >= 11 is 0. The lowest BCUT2D eigenvalue weighted by Gasteiger charge is -2.35. The number of nitrogens with zero attached hydrogens (tertiary/aromatic N) is 8. The highest BCUT2D eigenvalue weighted by molar-refractivity contribution is 5.77. The summed E-state index contributed by atoms with van der Waals surface area (Å²) in [5.74, 6) is 0.0630. The maximum Gasteiger partial charge on any atom is 0.225 e. The van der Waals surface area contributed by atoms with Crippen molar-refractivity contribution in [3.05, 3.63) is 84.3 Å². The molecule has 0 unspecified atom stereocenters. The topological polar surface area (TPSA) is 91.1 Å². The zero-order chi connectivity index (χ0) is 24.6. The van der Waals surface area contributed by atoms with E-state index in [1.807, 2.05) is 23.8 Å². The van der Waals surface area contributed by atoms with Crippen LogP contribution in [0.1, 0.15) is 24.0 Å². The standard InChI is InChI=1S/C25H23F2N9/c1-16(21-3-2-20(26)9-22(21)27)18-10-28-25(29-11-18)35-6-4-34(5-7-35)24-23-8-17(19-12-31-32-13-19)14-36(23)33-15-30-24/h2-3,8-16H,4-7H2,1H3,(H,31,32)/t16-/m0/s1. The van der Waals surface area contributed by atoms with Crippen LogP contribution in [0.25, 0.3) is 16.6 Å². The van der Waals surface area contributed by atoms with Crippen molar-refractivity contribution in [3.63, 3.8) is 0 Å². The molecule has 0 bridgehead atoms. The molecule has 36 heavy (non-hydrogen) atoms. The van der Waals surface area contributed by atoms with Gasteiger partial charge in [-0.3, -0.25) is 5.10 Å². The third kappa shape index (κ3) is 4.02. The van der Waals surface area contributed by atoms with Crippen molar-refractivity contribution < 1.29 is 8.78 Å². The molecule has 0 amide bonds. The van der Waals surface area contributed by atoms with Crippen molar-refractivity contribution in [2.45, 2.75) is 12.8 Å². The normalized spacial score (nSPS) is 15.0. The van der Waals surface area contributed by atoms with E-state index >= 15 is 0 Å². The molecule has 9 nitrogen and oxygen atoms in total. The average molecular weight is 488 g/mol. The Morgan fingerprint density at radius 3 is 2.42 bits per heavy atom. The third-order valence-corrected chi connectivity index (χ3v) is 6.67. The molecule has 0 aliphatic carbocycles. The van der Waals surface area contributed by atoms with Crippen molar-refractivity contribution in [3.8, 4) is 11.1 Å². The number of fused-ring (bicyclic) bond motifs is 1. The fraction of sp³-hybridized carbons (Fsp3) is 0.240. The molecule has 6 rings (SSSR count). The van der Waals surface area contributed by atoms with E-state index in [9.17, 15) is 8.78 Å². The van der Waals surface area contributed by atoms with Crippen molar-refractivity contribution >= 4 is 17.3 Å². The van der Waals surface area contributed by atoms with Crippen LogP contribution < -0.4 is 9.80 Å². The molecule has 11 heteroatoms. The maximum atomic E-state index is 14.2. The van der Waals surface area contributed by atoms with E-state index in [0.717, 1.165) is 60.3 Å². The molecule has 182 valence electrons. The van der Waals surface area contributed by atoms with Gasteiger partial charge in [-0.2, -0.15) is 10.2 Å². The van der Waals surface area contributed by atoms with Crippen molar-refractivity contribution in [1.29, 1.82) is 0 Å². The summed E-state index contributed by atoms with van der Waals surface area (Å²) in [6.07, 6.45) is 10.6. The molecule has 1 fully saturated rings. The monoisotopic (exact) mass is 487 g/mol. The number of piperazine rings is 1. The van der Waals surface area contributed by atoms with Gasteiger partial charge in [0.15, 0.2) is 5.82 Å². The molecule has 1 N–H and O–H groups in total. The molecular weight excluding hydrogens is 464 g/mol. The fourth-order valence-electron chi connectivity index (χ4n) is 4.60. The van der Waals surface area contributed by atoms with Crippen LogP contribution in [0.3, 0.4) is 0 Å². The predicted molar refractivity (Wildman–Crippen MR) is 131 cm³/mol. The van der Waals surface area contributed by atoms with Crippen LogP contribution in [0.15, 0.2) is 61.6 Å². The van der Waals surface area contributed by atoms with Gasteiger partial charge in [0.05, 0.1) is 6.20 Å². The van der Waals surface area contributed by atoms with Crippen molar-refractivity contribution in [1.82, 2.24) is 34.8 Å². The van der Waals surface area contributed by atoms with Gasteiger partial charge in [0, 0.05) is 74.1 Å². The predicted octanol–water partition coefficient (Wildman–Crippen LogP) is 3.67. The number of nitrogens with one attached hydrogen (secondary N) is 1. The Bertz CT molecular complexity index is 1490. The Balaban J connectivity index is 1.15. The van der Waals surface area contributed by atoms with Gasteiger partial charge < -0.3 is 9.80 Å². The zero-order valence-corrected chi connectivity index (χ0v) is 19.5. The smallest absolute Gasteiger partial charge is 0.225 e. The second-order valence-corrected chi connectivity index (χ2v) is 8.81. The van der Waals surface area contributed by atoms with Crippen LogP contribution in [0.5, 0.6) is 0 Å². The average Bonchev–Trinajstić information content (AvgIpc) is 3.59. The number of benzene rings is 1. The van der Waals surface area contributed by atoms with Crippen molar-refractivity contribution in [2.24, 2.45) is 0 Å². The van der Waals surface area contributed by atoms with E-state index in [1.165, 1.54) is 12.1 Å². The highest BCUT2D eigenvalue weighted by Gasteiger charge is 2.23. The number of anilines is 2. The number of aromatic nitrogens is 7. The minimum atomic E-state index is -0.591. The second-order valence-electron chi connectivity index (χ2n) is 8.81. The Morgan fingerprint density at radius 2 is 1.69 bits per heavy atom. The Morgan fingerprint density at radius 1 is 0.917 bits per heavy atom. The minimum absolute atomic E-state index is 0.286. The third-order valence-electron chi connectivity index (χ3n) is 6.67. The molecule has 5 aromatic rings. The van der Waals surface area contributed by atoms with E-state index in [4.69, 9.17) is 0 Å². The molecule has 1 aliphatic rings. The quantitative estimate of drug-likeness (QED) is 0.405. The number of H-pyrrole nitrogens is 1. The number of hydrogen-bond acceptors (Lipinski definition) is 7. The molecule has 1 aliphatic heterocycles. The van der Waals surface area contributed by atoms with E-state index in [1.54, 1.807) is 24.9 Å². The van der Waals surface area contributed by atoms with Gasteiger partial charge in [-0.15, -0.1) is 0 Å². The highest BCUT2D eigenvalue weighted by atomic mass is 19.1. The lowest BCUT2D eigenvalue weighted by Crippen LogP contribution is -2.47. The van der Waals surface area contributed by atoms with Crippen LogP contribution in [-0.4, -0.2) is 60.9 Å². The summed E-state index contributed by atoms with van der Waals surface area (Å²) in [6, 6.07) is 5.70. The van der Waals surface area contributed by atoms with Crippen LogP contribution >= 0.6 is 0 Å². The largest absolute Gasteiger partial charge is 0.351 e. The maximum absolute atomic E-state index is 14.2. The summed E-state index contributed by atoms with van der Waals surface area (Å²) in [6.45, 7) is 4.82. The van der Waals surface area contributed by atoms with Gasteiger partial charge in [0.2, 0.25) is 5.95 Å². The molecule has 0 spiro atoms. The van der Waals surface area contributed by atoms with E-state index < -0.39 is 11.6 Å². The number of hydrogen-bond donors (Lipinski definition) is 1. The van der Waals surface area contributed by atoms with Gasteiger partial charge in [0.25, 0.3) is 0 Å². The van der Waals surface area contributed by atoms with Gasteiger partial charge in [-0.05, 0) is 23.3 Å². The summed E-state index contributed by atoms with van der Waals surface area (Å²) in [5, 5.41) is 11.2. The molecule has 0 radical (unpaired) electrons. The number of halogens is 2. The van der Waals surface area contributed by atoms with Crippen molar-refractivity contribution in [2.75, 3.05) is 36.0 Å². The summed E-state index contributed by atoms with van der Waals surface area (Å²) < 4.78 is 29.3. The molecule has 0 saturated carbocycles. The van der Waals surface area contributed by atoms with Gasteiger partial charge in [-0.25, -0.2) is 28.2 Å². The molecular formula is C25H23F2N9. The van der Waals surface area contributed by atoms with Crippen LogP contribution in [-0.2, 0) is 0 Å².